The molecule has 4 aromatic carbocycles. The van der Waals surface area contributed by atoms with Crippen LogP contribution >= 0.6 is 0 Å². The minimum Gasteiger partial charge on any atom is -0.657 e. The standard InChI is InChI=1S/C64H65N8O4.Cu/c1-9-69(10-2)61(73)45-29-21-17-25-41(45)57-49-33-35-51(65-49)58(42-26-18-22-30-46(42)62(74)70(11-3)12-4)53-37-39-55(67-53)60(44-28-20-24-32-48(44)64(76)72(15-7)16-8)56-40-38-54(68-56)59(52-36-34-50(57)66-52)43-27-19-23-31-47(43)63(75)71(13-5)14-6;/h17-40H,9-16H2,1-8H3,(H-,65,66,67,68,73,74,75,76);/q-1;+2/p-1. The number of amides is 4. The van der Waals surface area contributed by atoms with Gasteiger partial charge in [0.2, 0.25) is 0 Å². The fraction of sp³-hybridized carbons (Fsp3) is 0.250. The predicted molar refractivity (Wildman–Crippen MR) is 308 cm³/mol. The second kappa shape index (κ2) is 24.3. The molecule has 3 aromatic heterocycles. The summed E-state index contributed by atoms with van der Waals surface area (Å²) in [6.07, 6.45) is 7.76. The maximum atomic E-state index is 14.6. The van der Waals surface area contributed by atoms with Gasteiger partial charge >= 0.3 is 17.1 Å². The third-order valence-corrected chi connectivity index (χ3v) is 14.5. The van der Waals surface area contributed by atoms with Crippen molar-refractivity contribution in [1.29, 1.82) is 0 Å². The maximum absolute atomic E-state index is 14.6. The fourth-order valence-electron chi connectivity index (χ4n) is 10.5. The van der Waals surface area contributed by atoms with Gasteiger partial charge in [0.25, 0.3) is 23.6 Å². The van der Waals surface area contributed by atoms with Crippen LogP contribution in [-0.2, 0) is 17.1 Å². The van der Waals surface area contributed by atoms with Gasteiger partial charge in [0.05, 0.1) is 22.8 Å². The van der Waals surface area contributed by atoms with Crippen molar-refractivity contribution in [2.24, 2.45) is 0 Å². The maximum Gasteiger partial charge on any atom is 2.00 e. The molecule has 0 spiro atoms. The van der Waals surface area contributed by atoms with Crippen molar-refractivity contribution in [3.05, 3.63) is 166 Å². The van der Waals surface area contributed by atoms with Crippen LogP contribution in [-0.4, -0.2) is 106 Å². The molecular formula is C64H64CuN8O4. The number of rotatable bonds is 16. The molecule has 0 N–H and O–H groups in total. The first-order valence-corrected chi connectivity index (χ1v) is 26.6. The number of carbonyl (C=O) groups is 4. The molecule has 5 heterocycles. The Labute approximate surface area is 462 Å². The Kier molecular flexibility index (Phi) is 17.4. The molecule has 12 nitrogen and oxygen atoms in total. The molecule has 0 saturated carbocycles. The summed E-state index contributed by atoms with van der Waals surface area (Å²) in [5, 5.41) is 0. The summed E-state index contributed by atoms with van der Waals surface area (Å²) in [6.45, 7) is 19.9. The van der Waals surface area contributed by atoms with E-state index in [1.54, 1.807) is 19.6 Å². The molecule has 2 aliphatic heterocycles. The minimum absolute atomic E-state index is 0. The minimum atomic E-state index is -0.125. The third-order valence-electron chi connectivity index (χ3n) is 14.5. The molecule has 0 fully saturated rings. The van der Waals surface area contributed by atoms with Crippen molar-refractivity contribution in [3.8, 4) is 44.5 Å². The van der Waals surface area contributed by atoms with E-state index >= 15 is 0 Å². The molecule has 0 unspecified atom stereocenters. The molecule has 395 valence electrons. The van der Waals surface area contributed by atoms with E-state index in [1.165, 1.54) is 0 Å². The molecule has 8 bridgehead atoms. The van der Waals surface area contributed by atoms with Gasteiger partial charge in [0.15, 0.2) is 0 Å². The zero-order chi connectivity index (χ0) is 53.6. The van der Waals surface area contributed by atoms with Crippen molar-refractivity contribution in [2.45, 2.75) is 55.4 Å². The Morgan fingerprint density at radius 3 is 0.714 bits per heavy atom. The van der Waals surface area contributed by atoms with Gasteiger partial charge < -0.3 is 29.6 Å². The largest absolute Gasteiger partial charge is 2.00 e. The van der Waals surface area contributed by atoms with Gasteiger partial charge in [-0.25, -0.2) is 9.97 Å². The molecule has 2 aliphatic rings. The third kappa shape index (κ3) is 10.5. The van der Waals surface area contributed by atoms with Crippen LogP contribution in [0.15, 0.2) is 121 Å². The molecule has 1 radical (unpaired) electrons. The Hall–Kier alpha value is -8.12. The monoisotopic (exact) mass is 1070 g/mol. The van der Waals surface area contributed by atoms with Crippen LogP contribution in [0.4, 0.5) is 0 Å². The summed E-state index contributed by atoms with van der Waals surface area (Å²) in [4.78, 5) is 87.3. The number of benzene rings is 4. The Bertz CT molecular complexity index is 3150. The SMILES string of the molecule is CCN(CC)C(=O)c1ccccc1-c1c2nc(c(-c3ccccc3C(=O)N(CC)CC)c3ccc([n-]3)c(-c3ccccc3C(=O)N(CC)CC)c3nc(c(-c4ccccc4C(=O)N(CC)CC)c4ccc1[n-]4)C=C3)C=C2.[Cu+2]. The number of carbonyl (C=O) groups excluding carboxylic acids is 4. The zero-order valence-electron chi connectivity index (χ0n) is 45.0. The van der Waals surface area contributed by atoms with Gasteiger partial charge in [-0.1, -0.05) is 97.1 Å². The van der Waals surface area contributed by atoms with Gasteiger partial charge in [-0.3, -0.25) is 19.2 Å². The molecule has 13 heteroatoms. The quantitative estimate of drug-likeness (QED) is 0.0873. The van der Waals surface area contributed by atoms with E-state index in [9.17, 15) is 19.2 Å². The van der Waals surface area contributed by atoms with Crippen molar-refractivity contribution in [3.63, 3.8) is 0 Å². The molecule has 0 aliphatic carbocycles. The second-order valence-corrected chi connectivity index (χ2v) is 18.5. The van der Waals surface area contributed by atoms with E-state index < -0.39 is 0 Å². The number of hydrogen-bond acceptors (Lipinski definition) is 6. The molecule has 0 atom stereocenters. The fourth-order valence-corrected chi connectivity index (χ4v) is 10.5. The number of aromatic nitrogens is 4. The molecule has 0 saturated heterocycles. The summed E-state index contributed by atoms with van der Waals surface area (Å²) in [5.41, 5.74) is 11.4. The summed E-state index contributed by atoms with van der Waals surface area (Å²) >= 11 is 0. The topological polar surface area (TPSA) is 135 Å². The van der Waals surface area contributed by atoms with E-state index in [1.807, 2.05) is 201 Å². The average molecular weight is 1070 g/mol. The molecule has 9 rings (SSSR count). The Morgan fingerprint density at radius 1 is 0.325 bits per heavy atom. The van der Waals surface area contributed by atoms with Gasteiger partial charge in [0, 0.05) is 74.6 Å². The summed E-state index contributed by atoms with van der Waals surface area (Å²) < 4.78 is 0. The van der Waals surface area contributed by atoms with Gasteiger partial charge in [0.1, 0.15) is 0 Å². The first-order chi connectivity index (χ1) is 37.0. The first kappa shape index (κ1) is 55.1. The van der Waals surface area contributed by atoms with Crippen molar-refractivity contribution in [2.75, 3.05) is 52.4 Å². The van der Waals surface area contributed by atoms with Crippen LogP contribution in [0.2, 0.25) is 0 Å². The summed E-state index contributed by atoms with van der Waals surface area (Å²) in [5.74, 6) is -0.498. The van der Waals surface area contributed by atoms with E-state index in [0.717, 1.165) is 0 Å². The molecule has 77 heavy (non-hydrogen) atoms. The van der Waals surface area contributed by atoms with Crippen LogP contribution in [0.3, 0.4) is 0 Å². The van der Waals surface area contributed by atoms with Crippen LogP contribution in [0.1, 0.15) is 120 Å². The summed E-state index contributed by atoms with van der Waals surface area (Å²) in [6, 6.07) is 38.1. The van der Waals surface area contributed by atoms with Crippen molar-refractivity contribution < 1.29 is 36.2 Å². The Balaban J connectivity index is 0.00000784. The van der Waals surface area contributed by atoms with Gasteiger partial charge in [-0.2, -0.15) is 0 Å². The van der Waals surface area contributed by atoms with Gasteiger partial charge in [-0.15, -0.1) is 22.1 Å². The molecular weight excluding hydrogens is 1010 g/mol. The van der Waals surface area contributed by atoms with Gasteiger partial charge in [-0.05, 0) is 148 Å². The zero-order valence-corrected chi connectivity index (χ0v) is 46.0. The Morgan fingerprint density at radius 2 is 0.519 bits per heavy atom. The van der Waals surface area contributed by atoms with E-state index in [2.05, 4.69) is 0 Å². The number of fused-ring (bicyclic) bond motifs is 8. The first-order valence-electron chi connectivity index (χ1n) is 26.6. The smallest absolute Gasteiger partial charge is 0.657 e. The summed E-state index contributed by atoms with van der Waals surface area (Å²) in [7, 11) is 0. The van der Waals surface area contributed by atoms with E-state index in [4.69, 9.17) is 19.9 Å². The predicted octanol–water partition coefficient (Wildman–Crippen LogP) is 12.5. The molecule has 7 aromatic rings. The molecule has 4 amide bonds. The number of hydrogen-bond donors (Lipinski definition) is 0. The van der Waals surface area contributed by atoms with E-state index in [-0.39, 0.29) is 40.7 Å². The van der Waals surface area contributed by atoms with Crippen LogP contribution < -0.4 is 9.97 Å². The van der Waals surface area contributed by atoms with Crippen LogP contribution in [0.25, 0.3) is 90.9 Å². The number of nitrogens with zero attached hydrogens (tertiary/aromatic N) is 8. The van der Waals surface area contributed by atoms with Crippen molar-refractivity contribution >= 4 is 70.0 Å². The van der Waals surface area contributed by atoms with Crippen LogP contribution in [0.5, 0.6) is 0 Å². The second-order valence-electron chi connectivity index (χ2n) is 18.5. The van der Waals surface area contributed by atoms with Crippen molar-refractivity contribution in [1.82, 2.24) is 39.5 Å². The van der Waals surface area contributed by atoms with E-state index in [0.29, 0.717) is 164 Å². The average Bonchev–Trinajstić information content (AvgIpc) is 4.35. The normalized spacial score (nSPS) is 11.5. The van der Waals surface area contributed by atoms with Crippen LogP contribution in [0, 0.1) is 0 Å².